The monoisotopic (exact) mass is 900 g/mol. The van der Waals surface area contributed by atoms with Crippen LogP contribution >= 0.6 is 0 Å². The number of hydrogen-bond acceptors (Lipinski definition) is 4. The van der Waals surface area contributed by atoms with Gasteiger partial charge in [0, 0.05) is 38.5 Å². The highest BCUT2D eigenvalue weighted by molar-refractivity contribution is 6.28. The molecule has 334 valence electrons. The second kappa shape index (κ2) is 17.5. The lowest BCUT2D eigenvalue weighted by molar-refractivity contribution is 0.403. The lowest BCUT2D eigenvalue weighted by Gasteiger charge is -2.29. The molecule has 0 saturated heterocycles. The Labute approximate surface area is 407 Å². The molecule has 0 unspecified atom stereocenters. The Morgan fingerprint density at radius 2 is 1.09 bits per heavy atom. The minimum absolute atomic E-state index is 0.0830. The average molecular weight is 901 g/mol. The van der Waals surface area contributed by atoms with E-state index in [0.717, 1.165) is 116 Å². The van der Waals surface area contributed by atoms with Crippen molar-refractivity contribution in [3.05, 3.63) is 266 Å². The third kappa shape index (κ3) is 7.34. The van der Waals surface area contributed by atoms with Crippen LogP contribution in [-0.2, 0) is 0 Å². The minimum Gasteiger partial charge on any atom is -0.494 e. The maximum Gasteiger partial charge on any atom is 0.196 e. The van der Waals surface area contributed by atoms with Crippen molar-refractivity contribution in [2.24, 2.45) is 0 Å². The van der Waals surface area contributed by atoms with Gasteiger partial charge in [0.05, 0.1) is 17.1 Å². The van der Waals surface area contributed by atoms with Gasteiger partial charge in [-0.1, -0.05) is 189 Å². The van der Waals surface area contributed by atoms with Gasteiger partial charge in [0.15, 0.2) is 11.5 Å². The summed E-state index contributed by atoms with van der Waals surface area (Å²) in [5.74, 6) is 0.0830. The zero-order valence-corrected chi connectivity index (χ0v) is 39.0. The number of fused-ring (bicyclic) bond motifs is 3. The SMILES string of the molecule is C=C(/C=C\C=C(/O)N(c1ccccc1)c1ccc2ccc3c(N(c4cccc(C)c4)c4cccc5c4oc4c(-c6ccccc6)cccc45)ccc4ccc1c2c43)c1cccc(-c2ccccc2C)c1. The van der Waals surface area contributed by atoms with E-state index >= 15 is 0 Å². The van der Waals surface area contributed by atoms with Gasteiger partial charge < -0.3 is 14.4 Å². The van der Waals surface area contributed by atoms with Crippen molar-refractivity contribution < 1.29 is 9.52 Å². The highest BCUT2D eigenvalue weighted by atomic mass is 16.3. The fourth-order valence-corrected chi connectivity index (χ4v) is 10.3. The quantitative estimate of drug-likeness (QED) is 0.0798. The molecular weight excluding hydrogens is 853 g/mol. The molecule has 0 aliphatic rings. The number of aliphatic hydroxyl groups is 1. The number of nitrogens with zero attached hydrogens (tertiary/aromatic N) is 2. The molecule has 0 bridgehead atoms. The van der Waals surface area contributed by atoms with E-state index in [2.05, 4.69) is 207 Å². The van der Waals surface area contributed by atoms with E-state index in [1.807, 2.05) is 53.5 Å². The van der Waals surface area contributed by atoms with Crippen LogP contribution in [0.2, 0.25) is 0 Å². The Hall–Kier alpha value is -9.12. The minimum atomic E-state index is 0.0830. The van der Waals surface area contributed by atoms with Crippen molar-refractivity contribution in [3.8, 4) is 22.3 Å². The first-order valence-corrected chi connectivity index (χ1v) is 23.7. The number of rotatable bonds is 11. The van der Waals surface area contributed by atoms with Gasteiger partial charge in [0.2, 0.25) is 0 Å². The van der Waals surface area contributed by atoms with E-state index in [0.29, 0.717) is 0 Å². The summed E-state index contributed by atoms with van der Waals surface area (Å²) >= 11 is 0. The molecule has 11 aromatic carbocycles. The zero-order valence-electron chi connectivity index (χ0n) is 39.0. The molecule has 0 fully saturated rings. The highest BCUT2D eigenvalue weighted by Gasteiger charge is 2.25. The first-order valence-electron chi connectivity index (χ1n) is 23.7. The molecule has 1 heterocycles. The molecule has 0 radical (unpaired) electrons. The van der Waals surface area contributed by atoms with E-state index in [4.69, 9.17) is 4.42 Å². The maximum absolute atomic E-state index is 12.2. The van der Waals surface area contributed by atoms with Gasteiger partial charge in [-0.2, -0.15) is 0 Å². The molecule has 12 aromatic rings. The predicted octanol–water partition coefficient (Wildman–Crippen LogP) is 18.7. The molecule has 0 amide bonds. The third-order valence-electron chi connectivity index (χ3n) is 13.7. The van der Waals surface area contributed by atoms with Gasteiger partial charge in [-0.3, -0.25) is 4.90 Å². The predicted molar refractivity (Wildman–Crippen MR) is 296 cm³/mol. The number of anilines is 5. The molecule has 4 nitrogen and oxygen atoms in total. The molecule has 1 N–H and O–H groups in total. The number of aliphatic hydroxyl groups excluding tert-OH is 1. The number of para-hydroxylation sites is 3. The van der Waals surface area contributed by atoms with Crippen molar-refractivity contribution in [1.82, 2.24) is 0 Å². The summed E-state index contributed by atoms with van der Waals surface area (Å²) in [6.07, 6.45) is 5.58. The number of furan rings is 1. The normalized spacial score (nSPS) is 12.0. The number of hydrogen-bond donors (Lipinski definition) is 1. The lowest BCUT2D eigenvalue weighted by atomic mass is 9.91. The second-order valence-electron chi connectivity index (χ2n) is 18.0. The summed E-state index contributed by atoms with van der Waals surface area (Å²) in [6.45, 7) is 8.68. The lowest BCUT2D eigenvalue weighted by Crippen LogP contribution is -2.16. The van der Waals surface area contributed by atoms with Crippen LogP contribution in [0.15, 0.2) is 253 Å². The smallest absolute Gasteiger partial charge is 0.196 e. The third-order valence-corrected chi connectivity index (χ3v) is 13.7. The van der Waals surface area contributed by atoms with Gasteiger partial charge in [0.1, 0.15) is 5.58 Å². The van der Waals surface area contributed by atoms with Crippen LogP contribution in [0.4, 0.5) is 28.4 Å². The fraction of sp³-hybridized carbons (Fsp3) is 0.0303. The summed E-state index contributed by atoms with van der Waals surface area (Å²) in [4.78, 5) is 4.29. The second-order valence-corrected chi connectivity index (χ2v) is 18.0. The van der Waals surface area contributed by atoms with Crippen LogP contribution < -0.4 is 9.80 Å². The Morgan fingerprint density at radius 1 is 0.486 bits per heavy atom. The summed E-state index contributed by atoms with van der Waals surface area (Å²) in [5, 5.41) is 21.0. The number of allylic oxidation sites excluding steroid dienone is 4. The molecule has 12 rings (SSSR count). The molecular formula is C66H48N2O2. The first-order chi connectivity index (χ1) is 34.4. The van der Waals surface area contributed by atoms with Crippen LogP contribution in [0.25, 0.3) is 82.1 Å². The average Bonchev–Trinajstić information content (AvgIpc) is 3.79. The molecule has 4 heteroatoms. The molecule has 0 saturated carbocycles. The van der Waals surface area contributed by atoms with E-state index < -0.39 is 0 Å². The van der Waals surface area contributed by atoms with Crippen molar-refractivity contribution in [2.45, 2.75) is 13.8 Å². The summed E-state index contributed by atoms with van der Waals surface area (Å²) in [5.41, 5.74) is 15.2. The molecule has 1 aromatic heterocycles. The van der Waals surface area contributed by atoms with E-state index in [1.54, 1.807) is 6.08 Å². The van der Waals surface area contributed by atoms with Crippen LogP contribution in [0, 0.1) is 13.8 Å². The van der Waals surface area contributed by atoms with Crippen molar-refractivity contribution in [3.63, 3.8) is 0 Å². The first kappa shape index (κ1) is 42.2. The zero-order chi connectivity index (χ0) is 47.3. The molecule has 0 aliphatic carbocycles. The van der Waals surface area contributed by atoms with Crippen LogP contribution in [0.5, 0.6) is 0 Å². The largest absolute Gasteiger partial charge is 0.494 e. The van der Waals surface area contributed by atoms with E-state index in [-0.39, 0.29) is 5.88 Å². The van der Waals surface area contributed by atoms with Gasteiger partial charge >= 0.3 is 0 Å². The fourth-order valence-electron chi connectivity index (χ4n) is 10.3. The Bertz CT molecular complexity index is 4010. The summed E-state index contributed by atoms with van der Waals surface area (Å²) in [6, 6.07) is 76.6. The molecule has 70 heavy (non-hydrogen) atoms. The van der Waals surface area contributed by atoms with Gasteiger partial charge in [0.25, 0.3) is 0 Å². The van der Waals surface area contributed by atoms with Crippen molar-refractivity contribution in [1.29, 1.82) is 0 Å². The number of aryl methyl sites for hydroxylation is 2. The van der Waals surface area contributed by atoms with Crippen molar-refractivity contribution in [2.75, 3.05) is 9.80 Å². The number of benzene rings is 11. The summed E-state index contributed by atoms with van der Waals surface area (Å²) < 4.78 is 7.06. The molecule has 0 aliphatic heterocycles. The standard InChI is InChI=1S/C66H48N2O2/c1-43-17-12-26-52(41-43)67(61-31-16-30-56-55-29-15-28-54(65(55)70-66(56)61)46-20-6-4-7-21-46)59-39-35-47-34-38-58-60(40-36-48-33-37-57(59)63(47)64(48)58)68(51-24-8-5-9-25-51)62(69)32-13-19-44(2)49-22-14-23-50(42-49)53-27-11-10-18-45(53)3/h4-42,69H,2H2,1,3H3/b19-13-,62-32-. The topological polar surface area (TPSA) is 39.9 Å². The molecule has 0 spiro atoms. The Morgan fingerprint density at radius 3 is 1.84 bits per heavy atom. The van der Waals surface area contributed by atoms with E-state index in [9.17, 15) is 5.11 Å². The Balaban J connectivity index is 0.994. The maximum atomic E-state index is 12.2. The Kier molecular flexibility index (Phi) is 10.6. The van der Waals surface area contributed by atoms with Crippen LogP contribution in [-0.4, -0.2) is 5.11 Å². The van der Waals surface area contributed by atoms with Crippen molar-refractivity contribution >= 4 is 88.3 Å². The highest BCUT2D eigenvalue weighted by Crippen LogP contribution is 2.49. The van der Waals surface area contributed by atoms with Gasteiger partial charge in [-0.05, 0) is 129 Å². The van der Waals surface area contributed by atoms with Crippen LogP contribution in [0.1, 0.15) is 16.7 Å². The van der Waals surface area contributed by atoms with Crippen LogP contribution in [0.3, 0.4) is 0 Å². The van der Waals surface area contributed by atoms with E-state index in [1.165, 1.54) is 11.1 Å². The van der Waals surface area contributed by atoms with Gasteiger partial charge in [-0.25, -0.2) is 0 Å². The van der Waals surface area contributed by atoms with Gasteiger partial charge in [-0.15, -0.1) is 0 Å². The molecule has 0 atom stereocenters. The summed E-state index contributed by atoms with van der Waals surface area (Å²) in [7, 11) is 0.